The molecule has 0 radical (unpaired) electrons. The smallest absolute Gasteiger partial charge is 0.306 e. The van der Waals surface area contributed by atoms with Crippen LogP contribution in [-0.2, 0) is 28.6 Å². The predicted octanol–water partition coefficient (Wildman–Crippen LogP) is 16.8. The Bertz CT molecular complexity index is 916. The van der Waals surface area contributed by atoms with Gasteiger partial charge in [-0.15, -0.1) is 0 Å². The zero-order chi connectivity index (χ0) is 43.4. The summed E-state index contributed by atoms with van der Waals surface area (Å²) >= 11 is 0. The van der Waals surface area contributed by atoms with Crippen LogP contribution < -0.4 is 0 Å². The van der Waals surface area contributed by atoms with Crippen molar-refractivity contribution < 1.29 is 28.6 Å². The molecule has 0 aliphatic heterocycles. The monoisotopic (exact) mass is 835 g/mol. The molecule has 350 valence electrons. The number of unbranched alkanes of at least 4 members (excludes halogenated alkanes) is 28. The molecule has 0 N–H and O–H groups in total. The van der Waals surface area contributed by atoms with E-state index >= 15 is 0 Å². The Morgan fingerprint density at radius 3 is 0.881 bits per heavy atom. The van der Waals surface area contributed by atoms with Crippen molar-refractivity contribution in [3.8, 4) is 0 Å². The molecule has 2 atom stereocenters. The molecule has 0 amide bonds. The Hall–Kier alpha value is -1.59. The molecule has 1 unspecified atom stereocenters. The summed E-state index contributed by atoms with van der Waals surface area (Å²) in [7, 11) is 0. The molecule has 0 rings (SSSR count). The quantitative estimate of drug-likeness (QED) is 0.0345. The molecule has 6 heteroatoms. The van der Waals surface area contributed by atoms with Gasteiger partial charge in [-0.05, 0) is 37.0 Å². The molecule has 0 saturated heterocycles. The van der Waals surface area contributed by atoms with E-state index in [9.17, 15) is 14.4 Å². The van der Waals surface area contributed by atoms with E-state index in [0.29, 0.717) is 19.3 Å². The fourth-order valence-corrected chi connectivity index (χ4v) is 7.91. The first-order chi connectivity index (χ1) is 28.6. The third-order valence-corrected chi connectivity index (χ3v) is 12.3. The maximum absolute atomic E-state index is 12.8. The summed E-state index contributed by atoms with van der Waals surface area (Å²) in [6.07, 6.45) is 43.8. The second kappa shape index (κ2) is 44.5. The number of esters is 3. The minimum Gasteiger partial charge on any atom is -0.462 e. The molecule has 0 aromatic rings. The first-order valence-corrected chi connectivity index (χ1v) is 26.1. The third-order valence-electron chi connectivity index (χ3n) is 12.3. The molecule has 0 spiro atoms. The summed E-state index contributed by atoms with van der Waals surface area (Å²) in [4.78, 5) is 37.9. The molecular formula is C53H102O6. The molecule has 0 bridgehead atoms. The molecule has 0 fully saturated rings. The molecule has 0 saturated carbocycles. The van der Waals surface area contributed by atoms with Gasteiger partial charge in [-0.3, -0.25) is 14.4 Å². The molecular weight excluding hydrogens is 733 g/mol. The maximum Gasteiger partial charge on any atom is 0.306 e. The van der Waals surface area contributed by atoms with Gasteiger partial charge in [0.25, 0.3) is 0 Å². The molecule has 6 nitrogen and oxygen atoms in total. The summed E-state index contributed by atoms with van der Waals surface area (Å²) in [5.41, 5.74) is 0. The standard InChI is InChI=1S/C53H102O6/c1-7-49(6)41-35-29-22-18-14-10-8-9-11-15-20-24-32-38-44-53(56)59-50(46-58-52(55)43-37-31-26-25-28-34-40-48(4)5)45-57-51(54)42-36-30-23-19-16-12-13-17-21-27-33-39-47(2)3/h47-50H,7-46H2,1-6H3/t49?,50-/m1/s1. The van der Waals surface area contributed by atoms with Crippen LogP contribution in [0.25, 0.3) is 0 Å². The number of hydrogen-bond acceptors (Lipinski definition) is 6. The van der Waals surface area contributed by atoms with E-state index in [1.165, 1.54) is 167 Å². The highest BCUT2D eigenvalue weighted by Crippen LogP contribution is 2.18. The van der Waals surface area contributed by atoms with E-state index in [2.05, 4.69) is 41.5 Å². The van der Waals surface area contributed by atoms with Crippen molar-refractivity contribution in [2.24, 2.45) is 17.8 Å². The van der Waals surface area contributed by atoms with Crippen LogP contribution in [0.15, 0.2) is 0 Å². The van der Waals surface area contributed by atoms with Gasteiger partial charge < -0.3 is 14.2 Å². The first-order valence-electron chi connectivity index (χ1n) is 26.1. The van der Waals surface area contributed by atoms with E-state index in [4.69, 9.17) is 14.2 Å². The van der Waals surface area contributed by atoms with Crippen molar-refractivity contribution >= 4 is 17.9 Å². The van der Waals surface area contributed by atoms with Gasteiger partial charge in [0, 0.05) is 19.3 Å². The highest BCUT2D eigenvalue weighted by Gasteiger charge is 2.19. The fourth-order valence-electron chi connectivity index (χ4n) is 7.91. The van der Waals surface area contributed by atoms with Crippen molar-refractivity contribution in [2.45, 2.75) is 292 Å². The predicted molar refractivity (Wildman–Crippen MR) is 252 cm³/mol. The maximum atomic E-state index is 12.8. The third kappa shape index (κ3) is 45.8. The van der Waals surface area contributed by atoms with Crippen LogP contribution in [0.5, 0.6) is 0 Å². The fraction of sp³-hybridized carbons (Fsp3) is 0.943. The first kappa shape index (κ1) is 57.4. The topological polar surface area (TPSA) is 78.9 Å². The second-order valence-electron chi connectivity index (χ2n) is 19.4. The Morgan fingerprint density at radius 2 is 0.593 bits per heavy atom. The van der Waals surface area contributed by atoms with Gasteiger partial charge in [0.2, 0.25) is 0 Å². The molecule has 0 aliphatic rings. The van der Waals surface area contributed by atoms with E-state index in [-0.39, 0.29) is 31.1 Å². The van der Waals surface area contributed by atoms with Crippen LogP contribution in [-0.4, -0.2) is 37.2 Å². The zero-order valence-corrected chi connectivity index (χ0v) is 40.5. The van der Waals surface area contributed by atoms with E-state index in [1.54, 1.807) is 0 Å². The van der Waals surface area contributed by atoms with Gasteiger partial charge in [0.1, 0.15) is 13.2 Å². The Morgan fingerprint density at radius 1 is 0.339 bits per heavy atom. The van der Waals surface area contributed by atoms with Crippen LogP contribution in [0.1, 0.15) is 286 Å². The highest BCUT2D eigenvalue weighted by atomic mass is 16.6. The van der Waals surface area contributed by atoms with Crippen LogP contribution in [0.3, 0.4) is 0 Å². The SMILES string of the molecule is CCC(C)CCCCCCCCCCCCCCCCC(=O)O[C@H](COC(=O)CCCCCCCCCCCCCC(C)C)COC(=O)CCCCCCCCC(C)C. The molecule has 59 heavy (non-hydrogen) atoms. The van der Waals surface area contributed by atoms with Gasteiger partial charge in [-0.2, -0.15) is 0 Å². The summed E-state index contributed by atoms with van der Waals surface area (Å²) in [6.45, 7) is 13.7. The van der Waals surface area contributed by atoms with Crippen molar-refractivity contribution in [1.29, 1.82) is 0 Å². The molecule has 0 heterocycles. The Kier molecular flexibility index (Phi) is 43.3. The van der Waals surface area contributed by atoms with E-state index < -0.39 is 6.10 Å². The number of carbonyl (C=O) groups is 3. The summed E-state index contributed by atoms with van der Waals surface area (Å²) in [5, 5.41) is 0. The van der Waals surface area contributed by atoms with Crippen molar-refractivity contribution in [2.75, 3.05) is 13.2 Å². The molecule has 0 aliphatic carbocycles. The normalized spacial score (nSPS) is 12.6. The Balaban J connectivity index is 4.27. The van der Waals surface area contributed by atoms with Crippen LogP contribution in [0.2, 0.25) is 0 Å². The highest BCUT2D eigenvalue weighted by molar-refractivity contribution is 5.71. The zero-order valence-electron chi connectivity index (χ0n) is 40.5. The average Bonchev–Trinajstić information content (AvgIpc) is 3.20. The van der Waals surface area contributed by atoms with Gasteiger partial charge in [0.05, 0.1) is 0 Å². The average molecular weight is 835 g/mol. The lowest BCUT2D eigenvalue weighted by molar-refractivity contribution is -0.167. The summed E-state index contributed by atoms with van der Waals surface area (Å²) in [5.74, 6) is 1.63. The lowest BCUT2D eigenvalue weighted by Gasteiger charge is -2.18. The van der Waals surface area contributed by atoms with Crippen LogP contribution >= 0.6 is 0 Å². The minimum absolute atomic E-state index is 0.0654. The number of ether oxygens (including phenoxy) is 3. The van der Waals surface area contributed by atoms with Crippen molar-refractivity contribution in [3.05, 3.63) is 0 Å². The van der Waals surface area contributed by atoms with Gasteiger partial charge in [-0.1, -0.05) is 247 Å². The van der Waals surface area contributed by atoms with Gasteiger partial charge in [0.15, 0.2) is 6.10 Å². The largest absolute Gasteiger partial charge is 0.462 e. The number of rotatable bonds is 46. The summed E-state index contributed by atoms with van der Waals surface area (Å²) < 4.78 is 16.8. The molecule has 0 aromatic carbocycles. The summed E-state index contributed by atoms with van der Waals surface area (Å²) in [6, 6.07) is 0. The van der Waals surface area contributed by atoms with Crippen molar-refractivity contribution in [3.63, 3.8) is 0 Å². The minimum atomic E-state index is -0.763. The van der Waals surface area contributed by atoms with Crippen LogP contribution in [0, 0.1) is 17.8 Å². The lowest BCUT2D eigenvalue weighted by Crippen LogP contribution is -2.30. The van der Waals surface area contributed by atoms with Crippen LogP contribution in [0.4, 0.5) is 0 Å². The van der Waals surface area contributed by atoms with Gasteiger partial charge in [-0.25, -0.2) is 0 Å². The second-order valence-corrected chi connectivity index (χ2v) is 19.4. The van der Waals surface area contributed by atoms with Crippen molar-refractivity contribution in [1.82, 2.24) is 0 Å². The number of hydrogen-bond donors (Lipinski definition) is 0. The van der Waals surface area contributed by atoms with Gasteiger partial charge >= 0.3 is 17.9 Å². The molecule has 0 aromatic heterocycles. The van der Waals surface area contributed by atoms with E-state index in [1.807, 2.05) is 0 Å². The van der Waals surface area contributed by atoms with E-state index in [0.717, 1.165) is 75.5 Å². The number of carbonyl (C=O) groups excluding carboxylic acids is 3. The lowest BCUT2D eigenvalue weighted by atomic mass is 9.99. The Labute approximate surface area is 368 Å².